The maximum atomic E-state index is 10.9. The number of aryl methyl sites for hydroxylation is 1. The highest BCUT2D eigenvalue weighted by Crippen LogP contribution is 2.01. The van der Waals surface area contributed by atoms with Gasteiger partial charge in [-0.1, -0.05) is 0 Å². The molecule has 0 fully saturated rings. The fourth-order valence-corrected chi connectivity index (χ4v) is 1.000. The normalized spacial score (nSPS) is 10.6. The molecular weight excluding hydrogens is 144 g/mol. The van der Waals surface area contributed by atoms with Crippen molar-refractivity contribution in [3.63, 3.8) is 0 Å². The largest absolute Gasteiger partial charge is 0.691 e. The Kier molecular flexibility index (Phi) is 1.06. The van der Waals surface area contributed by atoms with Gasteiger partial charge < -0.3 is 5.21 Å². The second-order valence-electron chi connectivity index (χ2n) is 2.23. The molecule has 0 saturated carbocycles. The first-order valence-corrected chi connectivity index (χ1v) is 3.16. The van der Waals surface area contributed by atoms with Gasteiger partial charge in [-0.05, 0) is 12.1 Å². The van der Waals surface area contributed by atoms with Gasteiger partial charge in [0.1, 0.15) is 7.05 Å². The molecule has 0 saturated heterocycles. The molecular formula is C6H6N4O. The van der Waals surface area contributed by atoms with E-state index in [0.29, 0.717) is 16.0 Å². The van der Waals surface area contributed by atoms with Crippen LogP contribution >= 0.6 is 0 Å². The van der Waals surface area contributed by atoms with Crippen LogP contribution in [-0.4, -0.2) is 14.9 Å². The van der Waals surface area contributed by atoms with Gasteiger partial charge in [0.15, 0.2) is 0 Å². The minimum absolute atomic E-state index is 0.495. The van der Waals surface area contributed by atoms with E-state index in [-0.39, 0.29) is 0 Å². The molecule has 56 valence electrons. The Bertz CT molecular complexity index is 358. The predicted molar refractivity (Wildman–Crippen MR) is 37.5 cm³/mol. The van der Waals surface area contributed by atoms with E-state index in [2.05, 4.69) is 10.2 Å². The van der Waals surface area contributed by atoms with Gasteiger partial charge in [0.05, 0.1) is 5.21 Å². The van der Waals surface area contributed by atoms with Gasteiger partial charge in [-0.3, -0.25) is 0 Å². The molecule has 0 atom stereocenters. The first-order valence-electron chi connectivity index (χ1n) is 3.16. The zero-order chi connectivity index (χ0) is 7.84. The molecule has 2 heterocycles. The van der Waals surface area contributed by atoms with Crippen molar-refractivity contribution in [2.45, 2.75) is 0 Å². The minimum Gasteiger partial charge on any atom is -0.691 e. The first kappa shape index (κ1) is 6.09. The summed E-state index contributed by atoms with van der Waals surface area (Å²) in [6, 6.07) is 3.39. The smallest absolute Gasteiger partial charge is 0.291 e. The number of aromatic nitrogens is 4. The molecule has 0 unspecified atom stereocenters. The molecule has 0 radical (unpaired) electrons. The van der Waals surface area contributed by atoms with Crippen molar-refractivity contribution in [1.82, 2.24) is 14.9 Å². The van der Waals surface area contributed by atoms with Crippen molar-refractivity contribution >= 4 is 11.2 Å². The maximum Gasteiger partial charge on any atom is 0.291 e. The van der Waals surface area contributed by atoms with Crippen LogP contribution in [0.3, 0.4) is 0 Å². The summed E-state index contributed by atoms with van der Waals surface area (Å²) < 4.78 is 1.45. The highest BCUT2D eigenvalue weighted by Gasteiger charge is 2.09. The Morgan fingerprint density at radius 2 is 2.45 bits per heavy atom. The lowest BCUT2D eigenvalue weighted by molar-refractivity contribution is -0.646. The maximum absolute atomic E-state index is 10.9. The van der Waals surface area contributed by atoms with Crippen LogP contribution in [0, 0.1) is 5.21 Å². The Labute approximate surface area is 62.5 Å². The van der Waals surface area contributed by atoms with E-state index in [1.165, 1.54) is 4.68 Å². The number of nitrogens with zero attached hydrogens (tertiary/aromatic N) is 4. The fourth-order valence-electron chi connectivity index (χ4n) is 1.000. The second-order valence-corrected chi connectivity index (χ2v) is 2.23. The van der Waals surface area contributed by atoms with Crippen LogP contribution in [0.25, 0.3) is 11.2 Å². The molecule has 0 aliphatic heterocycles. The number of fused-ring (bicyclic) bond motifs is 1. The third-order valence-electron chi connectivity index (χ3n) is 1.49. The van der Waals surface area contributed by atoms with Crippen LogP contribution in [0.1, 0.15) is 0 Å². The lowest BCUT2D eigenvalue weighted by Crippen LogP contribution is -2.29. The monoisotopic (exact) mass is 150 g/mol. The van der Waals surface area contributed by atoms with Gasteiger partial charge in [0.25, 0.3) is 5.65 Å². The molecule has 2 aromatic rings. The third-order valence-corrected chi connectivity index (χ3v) is 1.49. The van der Waals surface area contributed by atoms with Crippen molar-refractivity contribution in [2.24, 2.45) is 7.05 Å². The standard InChI is InChI=1S/C6H6N4O/c1-9-6-5(10(11)8-9)3-2-4-7-6/h2-4H,1H3. The van der Waals surface area contributed by atoms with Crippen LogP contribution < -0.4 is 4.85 Å². The van der Waals surface area contributed by atoms with Crippen LogP contribution in [0.2, 0.25) is 0 Å². The average Bonchev–Trinajstić information content (AvgIpc) is 2.30. The quantitative estimate of drug-likeness (QED) is 0.379. The van der Waals surface area contributed by atoms with Crippen LogP contribution in [0.5, 0.6) is 0 Å². The average molecular weight is 150 g/mol. The minimum atomic E-state index is 0.495. The van der Waals surface area contributed by atoms with Gasteiger partial charge in [0.2, 0.25) is 5.52 Å². The van der Waals surface area contributed by atoms with Crippen molar-refractivity contribution in [3.8, 4) is 0 Å². The molecule has 0 aliphatic rings. The highest BCUT2D eigenvalue weighted by molar-refractivity contribution is 5.65. The molecule has 0 aliphatic carbocycles. The molecule has 2 rings (SSSR count). The summed E-state index contributed by atoms with van der Waals surface area (Å²) in [4.78, 5) is 4.54. The van der Waals surface area contributed by atoms with Crippen LogP contribution in [0.4, 0.5) is 0 Å². The second kappa shape index (κ2) is 1.91. The predicted octanol–water partition coefficient (Wildman–Crippen LogP) is -0.398. The van der Waals surface area contributed by atoms with E-state index in [0.717, 1.165) is 0 Å². The molecule has 5 nitrogen and oxygen atoms in total. The molecule has 2 aromatic heterocycles. The van der Waals surface area contributed by atoms with Crippen molar-refractivity contribution in [2.75, 3.05) is 0 Å². The van der Waals surface area contributed by atoms with E-state index in [4.69, 9.17) is 0 Å². The SMILES string of the molecule is Cn1n[n+]([O-])c2cccnc21. The molecule has 5 heteroatoms. The summed E-state index contributed by atoms with van der Waals surface area (Å²) in [6.45, 7) is 0. The van der Waals surface area contributed by atoms with Crippen LogP contribution in [0.15, 0.2) is 18.3 Å². The van der Waals surface area contributed by atoms with Crippen LogP contribution in [-0.2, 0) is 7.05 Å². The van der Waals surface area contributed by atoms with Crippen molar-refractivity contribution in [3.05, 3.63) is 23.5 Å². The van der Waals surface area contributed by atoms with E-state index < -0.39 is 0 Å². The summed E-state index contributed by atoms with van der Waals surface area (Å²) in [7, 11) is 1.68. The van der Waals surface area contributed by atoms with Gasteiger partial charge in [-0.2, -0.15) is 0 Å². The highest BCUT2D eigenvalue weighted by atomic mass is 16.5. The van der Waals surface area contributed by atoms with E-state index >= 15 is 0 Å². The zero-order valence-electron chi connectivity index (χ0n) is 5.93. The number of rotatable bonds is 0. The molecule has 0 aromatic carbocycles. The Morgan fingerprint density at radius 1 is 1.64 bits per heavy atom. The lowest BCUT2D eigenvalue weighted by atomic mass is 10.4. The summed E-state index contributed by atoms with van der Waals surface area (Å²) in [5.74, 6) is 0. The fraction of sp³-hybridized carbons (Fsp3) is 0.167. The number of hydrogen-bond acceptors (Lipinski definition) is 3. The summed E-state index contributed by atoms with van der Waals surface area (Å²) in [5.41, 5.74) is 1.09. The third kappa shape index (κ3) is 0.739. The topological polar surface area (TPSA) is 57.6 Å². The molecule has 0 N–H and O–H groups in total. The molecule has 0 spiro atoms. The van der Waals surface area contributed by atoms with E-state index in [1.807, 2.05) is 0 Å². The molecule has 11 heavy (non-hydrogen) atoms. The van der Waals surface area contributed by atoms with E-state index in [9.17, 15) is 5.21 Å². The first-order chi connectivity index (χ1) is 5.29. The van der Waals surface area contributed by atoms with Gasteiger partial charge in [-0.15, -0.1) is 9.53 Å². The summed E-state index contributed by atoms with van der Waals surface area (Å²) in [6.07, 6.45) is 1.63. The summed E-state index contributed by atoms with van der Waals surface area (Å²) in [5, 5.41) is 14.5. The summed E-state index contributed by atoms with van der Waals surface area (Å²) >= 11 is 0. The Hall–Kier alpha value is -1.65. The van der Waals surface area contributed by atoms with E-state index in [1.54, 1.807) is 25.4 Å². The zero-order valence-corrected chi connectivity index (χ0v) is 5.93. The molecule has 0 bridgehead atoms. The number of pyridine rings is 1. The lowest BCUT2D eigenvalue weighted by Gasteiger charge is -1.88. The number of hydrogen-bond donors (Lipinski definition) is 0. The Balaban J connectivity index is 2.95. The van der Waals surface area contributed by atoms with Gasteiger partial charge >= 0.3 is 0 Å². The Morgan fingerprint density at radius 3 is 3.18 bits per heavy atom. The van der Waals surface area contributed by atoms with Gasteiger partial charge in [-0.25, -0.2) is 4.98 Å². The van der Waals surface area contributed by atoms with Crippen molar-refractivity contribution < 1.29 is 4.85 Å². The van der Waals surface area contributed by atoms with Crippen molar-refractivity contribution in [1.29, 1.82) is 0 Å². The molecule has 0 amide bonds. The van der Waals surface area contributed by atoms with Gasteiger partial charge in [0, 0.05) is 6.20 Å².